The van der Waals surface area contributed by atoms with E-state index in [1.54, 1.807) is 30.5 Å². The summed E-state index contributed by atoms with van der Waals surface area (Å²) in [6.45, 7) is 4.36. The molecule has 3 rings (SSSR count). The van der Waals surface area contributed by atoms with Gasteiger partial charge in [0.15, 0.2) is 0 Å². The van der Waals surface area contributed by atoms with Gasteiger partial charge in [-0.3, -0.25) is 4.79 Å². The number of nitrogens with zero attached hydrogens (tertiary/aromatic N) is 2. The molecule has 0 saturated carbocycles. The van der Waals surface area contributed by atoms with Gasteiger partial charge >= 0.3 is 0 Å². The zero-order valence-electron chi connectivity index (χ0n) is 13.4. The van der Waals surface area contributed by atoms with Crippen LogP contribution in [0.1, 0.15) is 30.3 Å². The van der Waals surface area contributed by atoms with Crippen LogP contribution in [0.2, 0.25) is 10.0 Å². The van der Waals surface area contributed by atoms with Crippen LogP contribution in [0.4, 0.5) is 11.4 Å². The molecule has 126 valence electrons. The smallest absolute Gasteiger partial charge is 0.274 e. The van der Waals surface area contributed by atoms with Gasteiger partial charge in [0.2, 0.25) is 0 Å². The normalized spacial score (nSPS) is 15.4. The minimum absolute atomic E-state index is 0.285. The Kier molecular flexibility index (Phi) is 5.27. The number of benzene rings is 1. The number of halogens is 2. The molecule has 0 spiro atoms. The summed E-state index contributed by atoms with van der Waals surface area (Å²) in [6.07, 6.45) is 4.14. The van der Waals surface area contributed by atoms with E-state index >= 15 is 0 Å². The molecule has 0 atom stereocenters. The monoisotopic (exact) mass is 363 g/mol. The third kappa shape index (κ3) is 4.19. The molecule has 2 aromatic rings. The van der Waals surface area contributed by atoms with Gasteiger partial charge in [-0.25, -0.2) is 4.98 Å². The molecule has 1 amide bonds. The highest BCUT2D eigenvalue weighted by Gasteiger charge is 2.17. The highest BCUT2D eigenvalue weighted by molar-refractivity contribution is 6.35. The number of amides is 1. The number of carbonyl (C=O) groups excluding carboxylic acids is 1. The van der Waals surface area contributed by atoms with Crippen molar-refractivity contribution in [2.45, 2.75) is 19.8 Å². The Bertz CT molecular complexity index is 705. The Hall–Kier alpha value is -1.78. The molecule has 1 saturated heterocycles. The average Bonchev–Trinajstić information content (AvgIpc) is 2.55. The molecule has 0 unspecified atom stereocenters. The first kappa shape index (κ1) is 17.1. The summed E-state index contributed by atoms with van der Waals surface area (Å²) in [4.78, 5) is 18.9. The van der Waals surface area contributed by atoms with Crippen molar-refractivity contribution >= 4 is 40.5 Å². The molecule has 6 heteroatoms. The van der Waals surface area contributed by atoms with E-state index in [1.807, 2.05) is 6.07 Å². The largest absolute Gasteiger partial charge is 0.370 e. The minimum atomic E-state index is -0.285. The maximum Gasteiger partial charge on any atom is 0.274 e. The Morgan fingerprint density at radius 3 is 2.42 bits per heavy atom. The highest BCUT2D eigenvalue weighted by Crippen LogP contribution is 2.24. The minimum Gasteiger partial charge on any atom is -0.370 e. The molecule has 1 aliphatic heterocycles. The molecule has 0 bridgehead atoms. The number of aromatic nitrogens is 1. The number of anilines is 2. The molecule has 2 heterocycles. The molecule has 1 N–H and O–H groups in total. The lowest BCUT2D eigenvalue weighted by Gasteiger charge is -2.31. The van der Waals surface area contributed by atoms with Crippen LogP contribution in [0.5, 0.6) is 0 Å². The number of rotatable bonds is 3. The number of hydrogen-bond acceptors (Lipinski definition) is 3. The summed E-state index contributed by atoms with van der Waals surface area (Å²) in [5.41, 5.74) is 1.97. The van der Waals surface area contributed by atoms with Crippen LogP contribution >= 0.6 is 23.2 Å². The van der Waals surface area contributed by atoms with Crippen LogP contribution in [0.3, 0.4) is 0 Å². The highest BCUT2D eigenvalue weighted by atomic mass is 35.5. The Morgan fingerprint density at radius 2 is 1.83 bits per heavy atom. The molecule has 1 aliphatic rings. The predicted molar refractivity (Wildman–Crippen MR) is 99.3 cm³/mol. The van der Waals surface area contributed by atoms with E-state index in [0.29, 0.717) is 21.4 Å². The number of pyridine rings is 1. The molecule has 0 aliphatic carbocycles. The van der Waals surface area contributed by atoms with Gasteiger partial charge in [-0.2, -0.15) is 0 Å². The van der Waals surface area contributed by atoms with Gasteiger partial charge < -0.3 is 10.2 Å². The van der Waals surface area contributed by atoms with Crippen LogP contribution in [0, 0.1) is 5.92 Å². The second-order valence-corrected chi connectivity index (χ2v) is 7.06. The van der Waals surface area contributed by atoms with Crippen molar-refractivity contribution in [2.75, 3.05) is 23.3 Å². The molecule has 1 aromatic heterocycles. The van der Waals surface area contributed by atoms with Crippen LogP contribution in [-0.2, 0) is 0 Å². The summed E-state index contributed by atoms with van der Waals surface area (Å²) in [7, 11) is 0. The van der Waals surface area contributed by atoms with Gasteiger partial charge in [-0.15, -0.1) is 0 Å². The third-order valence-corrected chi connectivity index (χ3v) is 4.69. The Balaban J connectivity index is 1.67. The van der Waals surface area contributed by atoms with Gasteiger partial charge in [-0.1, -0.05) is 30.1 Å². The van der Waals surface area contributed by atoms with E-state index in [0.717, 1.165) is 24.7 Å². The second-order valence-electron chi connectivity index (χ2n) is 6.18. The SMILES string of the molecule is CC1CCN(c2ccc(C(=O)Nc3cc(Cl)cc(Cl)c3)nc2)CC1. The van der Waals surface area contributed by atoms with Gasteiger partial charge in [0, 0.05) is 28.8 Å². The van der Waals surface area contributed by atoms with E-state index in [-0.39, 0.29) is 5.91 Å². The lowest BCUT2D eigenvalue weighted by atomic mass is 9.99. The van der Waals surface area contributed by atoms with Crippen molar-refractivity contribution < 1.29 is 4.79 Å². The van der Waals surface area contributed by atoms with Crippen LogP contribution in [-0.4, -0.2) is 24.0 Å². The maximum atomic E-state index is 12.3. The van der Waals surface area contributed by atoms with Gasteiger partial charge in [-0.05, 0) is 49.1 Å². The van der Waals surface area contributed by atoms with Crippen molar-refractivity contribution in [3.05, 3.63) is 52.3 Å². The molecule has 24 heavy (non-hydrogen) atoms. The predicted octanol–water partition coefficient (Wildman–Crippen LogP) is 4.88. The quantitative estimate of drug-likeness (QED) is 0.845. The average molecular weight is 364 g/mol. The lowest BCUT2D eigenvalue weighted by molar-refractivity contribution is 0.102. The third-order valence-electron chi connectivity index (χ3n) is 4.25. The zero-order chi connectivity index (χ0) is 17.1. The van der Waals surface area contributed by atoms with E-state index in [2.05, 4.69) is 22.1 Å². The molecular formula is C18H19Cl2N3O. The van der Waals surface area contributed by atoms with E-state index in [4.69, 9.17) is 23.2 Å². The topological polar surface area (TPSA) is 45.2 Å². The maximum absolute atomic E-state index is 12.3. The number of hydrogen-bond donors (Lipinski definition) is 1. The van der Waals surface area contributed by atoms with Crippen molar-refractivity contribution in [3.63, 3.8) is 0 Å². The molecular weight excluding hydrogens is 345 g/mol. The summed E-state index contributed by atoms with van der Waals surface area (Å²) in [6, 6.07) is 8.60. The second kappa shape index (κ2) is 7.41. The molecule has 1 aromatic carbocycles. The summed E-state index contributed by atoms with van der Waals surface area (Å²) in [5, 5.41) is 3.71. The van der Waals surface area contributed by atoms with Gasteiger partial charge in [0.1, 0.15) is 5.69 Å². The van der Waals surface area contributed by atoms with Crippen molar-refractivity contribution in [2.24, 2.45) is 5.92 Å². The van der Waals surface area contributed by atoms with Crippen molar-refractivity contribution in [1.82, 2.24) is 4.98 Å². The first-order valence-electron chi connectivity index (χ1n) is 8.00. The van der Waals surface area contributed by atoms with Crippen LogP contribution in [0.25, 0.3) is 0 Å². The molecule has 1 fully saturated rings. The zero-order valence-corrected chi connectivity index (χ0v) is 14.9. The summed E-state index contributed by atoms with van der Waals surface area (Å²) >= 11 is 11.9. The van der Waals surface area contributed by atoms with E-state index in [9.17, 15) is 4.79 Å². The summed E-state index contributed by atoms with van der Waals surface area (Å²) in [5.74, 6) is 0.496. The van der Waals surface area contributed by atoms with Crippen LogP contribution in [0.15, 0.2) is 36.5 Å². The van der Waals surface area contributed by atoms with Crippen molar-refractivity contribution in [1.29, 1.82) is 0 Å². The fraction of sp³-hybridized carbons (Fsp3) is 0.333. The number of carbonyl (C=O) groups is 1. The van der Waals surface area contributed by atoms with Crippen LogP contribution < -0.4 is 10.2 Å². The molecule has 4 nitrogen and oxygen atoms in total. The fourth-order valence-corrected chi connectivity index (χ4v) is 3.32. The number of nitrogens with one attached hydrogen (secondary N) is 1. The fourth-order valence-electron chi connectivity index (χ4n) is 2.80. The number of piperidine rings is 1. The first-order valence-corrected chi connectivity index (χ1v) is 8.75. The standard InChI is InChI=1S/C18H19Cl2N3O/c1-12-4-6-23(7-5-12)16-2-3-17(21-11-16)18(24)22-15-9-13(19)8-14(20)10-15/h2-3,8-12H,4-7H2,1H3,(H,22,24). The lowest BCUT2D eigenvalue weighted by Crippen LogP contribution is -2.32. The summed E-state index contributed by atoms with van der Waals surface area (Å²) < 4.78 is 0. The van der Waals surface area contributed by atoms with Gasteiger partial charge in [0.05, 0.1) is 11.9 Å². The van der Waals surface area contributed by atoms with Gasteiger partial charge in [0.25, 0.3) is 5.91 Å². The molecule has 0 radical (unpaired) electrons. The van der Waals surface area contributed by atoms with Crippen molar-refractivity contribution in [3.8, 4) is 0 Å². The Morgan fingerprint density at radius 1 is 1.17 bits per heavy atom. The van der Waals surface area contributed by atoms with E-state index < -0.39 is 0 Å². The first-order chi connectivity index (χ1) is 11.5. The van der Waals surface area contributed by atoms with E-state index in [1.165, 1.54) is 12.8 Å². The Labute approximate surface area is 151 Å².